The van der Waals surface area contributed by atoms with E-state index in [1.807, 2.05) is 50.2 Å². The molecule has 92 valence electrons. The number of aromatic nitrogens is 4. The van der Waals surface area contributed by atoms with Crippen molar-refractivity contribution in [2.45, 2.75) is 39.9 Å². The summed E-state index contributed by atoms with van der Waals surface area (Å²) in [5, 5.41) is 4.20. The van der Waals surface area contributed by atoms with Crippen molar-refractivity contribution in [3.8, 4) is 0 Å². The second kappa shape index (κ2) is 4.61. The van der Waals surface area contributed by atoms with E-state index in [-0.39, 0.29) is 11.7 Å². The van der Waals surface area contributed by atoms with Crippen molar-refractivity contribution >= 4 is 0 Å². The van der Waals surface area contributed by atoms with Gasteiger partial charge < -0.3 is 0 Å². The Morgan fingerprint density at radius 2 is 2.12 bits per heavy atom. The molecule has 0 spiro atoms. The molecule has 0 bridgehead atoms. The fraction of sp³-hybridized carbons (Fsp3) is 0.500. The zero-order chi connectivity index (χ0) is 12.4. The number of aryl methyl sites for hydroxylation is 1. The molecule has 0 aliphatic rings. The van der Waals surface area contributed by atoms with Crippen LogP contribution in [0.5, 0.6) is 0 Å². The first kappa shape index (κ1) is 11.7. The zero-order valence-corrected chi connectivity index (χ0v) is 10.5. The van der Waals surface area contributed by atoms with Crippen molar-refractivity contribution < 1.29 is 0 Å². The van der Waals surface area contributed by atoms with Crippen LogP contribution in [0.25, 0.3) is 0 Å². The summed E-state index contributed by atoms with van der Waals surface area (Å²) in [4.78, 5) is 12.0. The first-order valence-electron chi connectivity index (χ1n) is 5.90. The summed E-state index contributed by atoms with van der Waals surface area (Å²) in [5.74, 6) is 0. The van der Waals surface area contributed by atoms with Gasteiger partial charge in [0.2, 0.25) is 0 Å². The van der Waals surface area contributed by atoms with Crippen molar-refractivity contribution in [1.29, 1.82) is 0 Å². The topological polar surface area (TPSA) is 44.8 Å². The van der Waals surface area contributed by atoms with Crippen molar-refractivity contribution in [3.63, 3.8) is 0 Å². The second-order valence-corrected chi connectivity index (χ2v) is 4.41. The third-order valence-electron chi connectivity index (χ3n) is 2.79. The third kappa shape index (κ3) is 2.33. The highest BCUT2D eigenvalue weighted by atomic mass is 16.1. The van der Waals surface area contributed by atoms with Crippen LogP contribution >= 0.6 is 0 Å². The largest absolute Gasteiger partial charge is 0.328 e. The zero-order valence-electron chi connectivity index (χ0n) is 10.5. The fourth-order valence-electron chi connectivity index (χ4n) is 1.80. The maximum Gasteiger partial charge on any atom is 0.328 e. The van der Waals surface area contributed by atoms with Crippen LogP contribution in [0.3, 0.4) is 0 Å². The normalized spacial score (nSPS) is 11.3. The highest BCUT2D eigenvalue weighted by Gasteiger charge is 2.07. The van der Waals surface area contributed by atoms with Crippen LogP contribution in [-0.2, 0) is 13.1 Å². The van der Waals surface area contributed by atoms with Gasteiger partial charge in [-0.25, -0.2) is 4.79 Å². The first-order valence-corrected chi connectivity index (χ1v) is 5.90. The standard InChI is InChI=1S/C12H18N4O/c1-4-15-9-11(7-13-15)8-14-5-6-16(10(2)3)12(14)17/h5-7,9-10H,4,8H2,1-3H3. The molecule has 0 N–H and O–H groups in total. The molecule has 0 aliphatic heterocycles. The van der Waals surface area contributed by atoms with E-state index < -0.39 is 0 Å². The van der Waals surface area contributed by atoms with Crippen LogP contribution in [0.4, 0.5) is 0 Å². The van der Waals surface area contributed by atoms with Gasteiger partial charge in [0.15, 0.2) is 0 Å². The van der Waals surface area contributed by atoms with E-state index in [1.165, 1.54) is 0 Å². The van der Waals surface area contributed by atoms with E-state index in [2.05, 4.69) is 5.10 Å². The van der Waals surface area contributed by atoms with Gasteiger partial charge in [-0.05, 0) is 20.8 Å². The minimum atomic E-state index is 0.0317. The average Bonchev–Trinajstić information content (AvgIpc) is 2.87. The Morgan fingerprint density at radius 3 is 2.65 bits per heavy atom. The predicted molar refractivity (Wildman–Crippen MR) is 66.1 cm³/mol. The molecule has 5 nitrogen and oxygen atoms in total. The Kier molecular flexibility index (Phi) is 3.17. The molecule has 0 aliphatic carbocycles. The molecule has 2 heterocycles. The number of nitrogens with zero attached hydrogens (tertiary/aromatic N) is 4. The molecular weight excluding hydrogens is 216 g/mol. The van der Waals surface area contributed by atoms with Crippen molar-refractivity contribution in [2.24, 2.45) is 0 Å². The van der Waals surface area contributed by atoms with Gasteiger partial charge in [-0.3, -0.25) is 13.8 Å². The lowest BCUT2D eigenvalue weighted by Crippen LogP contribution is -2.25. The van der Waals surface area contributed by atoms with Gasteiger partial charge in [0.25, 0.3) is 0 Å². The van der Waals surface area contributed by atoms with Crippen LogP contribution in [-0.4, -0.2) is 18.9 Å². The number of rotatable bonds is 4. The van der Waals surface area contributed by atoms with Gasteiger partial charge in [-0.1, -0.05) is 0 Å². The minimum Gasteiger partial charge on any atom is -0.297 e. The Bertz CT molecular complexity index is 547. The monoisotopic (exact) mass is 234 g/mol. The molecule has 5 heteroatoms. The summed E-state index contributed by atoms with van der Waals surface area (Å²) in [6, 6.07) is 0.196. The van der Waals surface area contributed by atoms with E-state index in [0.29, 0.717) is 6.54 Å². The first-order chi connectivity index (χ1) is 8.11. The highest BCUT2D eigenvalue weighted by Crippen LogP contribution is 2.03. The molecule has 2 aromatic rings. The smallest absolute Gasteiger partial charge is 0.297 e. The van der Waals surface area contributed by atoms with E-state index in [0.717, 1.165) is 12.1 Å². The SMILES string of the molecule is CCn1cc(Cn2ccn(C(C)C)c2=O)cn1. The van der Waals surface area contributed by atoms with Gasteiger partial charge >= 0.3 is 5.69 Å². The molecule has 2 rings (SSSR count). The maximum absolute atomic E-state index is 12.0. The molecule has 0 saturated heterocycles. The summed E-state index contributed by atoms with van der Waals surface area (Å²) in [7, 11) is 0. The third-order valence-corrected chi connectivity index (χ3v) is 2.79. The Hall–Kier alpha value is -1.78. The maximum atomic E-state index is 12.0. The van der Waals surface area contributed by atoms with Crippen molar-refractivity contribution in [1.82, 2.24) is 18.9 Å². The molecule has 0 radical (unpaired) electrons. The molecule has 0 fully saturated rings. The van der Waals surface area contributed by atoms with Crippen molar-refractivity contribution in [3.05, 3.63) is 40.8 Å². The Balaban J connectivity index is 2.22. The lowest BCUT2D eigenvalue weighted by molar-refractivity contribution is 0.561. The van der Waals surface area contributed by atoms with Gasteiger partial charge in [-0.2, -0.15) is 5.10 Å². The van der Waals surface area contributed by atoms with Crippen molar-refractivity contribution in [2.75, 3.05) is 0 Å². The van der Waals surface area contributed by atoms with Crippen LogP contribution in [0.15, 0.2) is 29.6 Å². The van der Waals surface area contributed by atoms with E-state index in [1.54, 1.807) is 9.13 Å². The molecule has 0 amide bonds. The van der Waals surface area contributed by atoms with Gasteiger partial charge in [0.1, 0.15) is 0 Å². The summed E-state index contributed by atoms with van der Waals surface area (Å²) in [6.45, 7) is 7.47. The van der Waals surface area contributed by atoms with E-state index >= 15 is 0 Å². The molecular formula is C12H18N4O. The van der Waals surface area contributed by atoms with E-state index in [4.69, 9.17) is 0 Å². The molecule has 0 atom stereocenters. The number of hydrogen-bond donors (Lipinski definition) is 0. The minimum absolute atomic E-state index is 0.0317. The van der Waals surface area contributed by atoms with Gasteiger partial charge in [-0.15, -0.1) is 0 Å². The fourth-order valence-corrected chi connectivity index (χ4v) is 1.80. The number of imidazole rings is 1. The average molecular weight is 234 g/mol. The summed E-state index contributed by atoms with van der Waals surface area (Å²) in [6.07, 6.45) is 7.44. The summed E-state index contributed by atoms with van der Waals surface area (Å²) < 4.78 is 5.29. The van der Waals surface area contributed by atoms with E-state index in [9.17, 15) is 4.79 Å². The van der Waals surface area contributed by atoms with Crippen LogP contribution < -0.4 is 5.69 Å². The van der Waals surface area contributed by atoms with Crippen LogP contribution in [0, 0.1) is 0 Å². The lowest BCUT2D eigenvalue weighted by atomic mass is 10.3. The molecule has 0 unspecified atom stereocenters. The second-order valence-electron chi connectivity index (χ2n) is 4.41. The Labute approximate surface area is 100 Å². The predicted octanol–water partition coefficient (Wildman–Crippen LogP) is 1.50. The number of hydrogen-bond acceptors (Lipinski definition) is 2. The molecule has 0 aromatic carbocycles. The van der Waals surface area contributed by atoms with Gasteiger partial charge in [0, 0.05) is 36.7 Å². The van der Waals surface area contributed by atoms with Crippen LogP contribution in [0.1, 0.15) is 32.4 Å². The summed E-state index contributed by atoms with van der Waals surface area (Å²) >= 11 is 0. The molecule has 17 heavy (non-hydrogen) atoms. The Morgan fingerprint density at radius 1 is 1.35 bits per heavy atom. The van der Waals surface area contributed by atoms with Gasteiger partial charge in [0.05, 0.1) is 12.7 Å². The molecule has 2 aromatic heterocycles. The quantitative estimate of drug-likeness (QED) is 0.804. The van der Waals surface area contributed by atoms with Crippen LogP contribution in [0.2, 0.25) is 0 Å². The lowest BCUT2D eigenvalue weighted by Gasteiger charge is -2.04. The summed E-state index contributed by atoms with van der Waals surface area (Å²) in [5.41, 5.74) is 1.08. The highest BCUT2D eigenvalue weighted by molar-refractivity contribution is 5.05. The molecule has 0 saturated carbocycles.